The highest BCUT2D eigenvalue weighted by Gasteiger charge is 2.23. The molecule has 1 unspecified atom stereocenters. The molecule has 1 aromatic rings. The molecule has 1 aromatic carbocycles. The minimum absolute atomic E-state index is 0.0113. The van der Waals surface area contributed by atoms with Gasteiger partial charge in [0.05, 0.1) is 12.6 Å². The molecular formula is C14H21N3O2. The fourth-order valence-electron chi connectivity index (χ4n) is 2.26. The fraction of sp³-hybridized carbons (Fsp3) is 0.500. The fourth-order valence-corrected chi connectivity index (χ4v) is 2.26. The van der Waals surface area contributed by atoms with E-state index >= 15 is 0 Å². The molecule has 0 radical (unpaired) electrons. The summed E-state index contributed by atoms with van der Waals surface area (Å²) in [6, 6.07) is 7.60. The van der Waals surface area contributed by atoms with Crippen molar-refractivity contribution in [1.82, 2.24) is 4.90 Å². The number of ether oxygens (including phenoxy) is 1. The summed E-state index contributed by atoms with van der Waals surface area (Å²) in [4.78, 5) is 14.0. The molecule has 104 valence electrons. The third-order valence-corrected chi connectivity index (χ3v) is 3.40. The second kappa shape index (κ2) is 6.65. The molecule has 3 N–H and O–H groups in total. The number of rotatable bonds is 5. The first-order chi connectivity index (χ1) is 9.21. The number of amides is 1. The number of hydrogen-bond acceptors (Lipinski definition) is 4. The topological polar surface area (TPSA) is 67.6 Å². The smallest absolute Gasteiger partial charge is 0.238 e. The lowest BCUT2D eigenvalue weighted by Gasteiger charge is -2.15. The molecule has 0 saturated carbocycles. The van der Waals surface area contributed by atoms with E-state index in [-0.39, 0.29) is 12.0 Å². The minimum Gasteiger partial charge on any atom is -0.380 e. The van der Waals surface area contributed by atoms with Gasteiger partial charge in [0.25, 0.3) is 0 Å². The van der Waals surface area contributed by atoms with Crippen LogP contribution in [0.15, 0.2) is 24.3 Å². The Morgan fingerprint density at radius 3 is 2.79 bits per heavy atom. The Morgan fingerprint density at radius 1 is 1.47 bits per heavy atom. The predicted molar refractivity (Wildman–Crippen MR) is 74.8 cm³/mol. The molecule has 0 aromatic heterocycles. The number of likely N-dealkylation sites (tertiary alicyclic amines) is 1. The number of carbonyl (C=O) groups is 1. The van der Waals surface area contributed by atoms with Gasteiger partial charge in [-0.3, -0.25) is 9.69 Å². The number of methoxy groups -OCH3 is 1. The van der Waals surface area contributed by atoms with Gasteiger partial charge in [0.2, 0.25) is 5.91 Å². The Morgan fingerprint density at radius 2 is 2.21 bits per heavy atom. The van der Waals surface area contributed by atoms with Crippen LogP contribution < -0.4 is 11.1 Å². The molecule has 1 aliphatic rings. The van der Waals surface area contributed by atoms with Gasteiger partial charge in [-0.25, -0.2) is 0 Å². The summed E-state index contributed by atoms with van der Waals surface area (Å²) in [7, 11) is 1.72. The highest BCUT2D eigenvalue weighted by atomic mass is 16.5. The third-order valence-electron chi connectivity index (χ3n) is 3.40. The molecule has 1 atom stereocenters. The van der Waals surface area contributed by atoms with Crippen LogP contribution in [-0.2, 0) is 16.1 Å². The highest BCUT2D eigenvalue weighted by Crippen LogP contribution is 2.12. The van der Waals surface area contributed by atoms with Crippen LogP contribution in [0.3, 0.4) is 0 Å². The van der Waals surface area contributed by atoms with Gasteiger partial charge in [-0.15, -0.1) is 0 Å². The molecule has 0 aliphatic carbocycles. The van der Waals surface area contributed by atoms with Crippen LogP contribution in [0.2, 0.25) is 0 Å². The zero-order valence-corrected chi connectivity index (χ0v) is 11.3. The van der Waals surface area contributed by atoms with E-state index in [0.717, 1.165) is 30.8 Å². The minimum atomic E-state index is 0.0113. The lowest BCUT2D eigenvalue weighted by molar-refractivity contribution is -0.117. The van der Waals surface area contributed by atoms with Crippen LogP contribution in [0.25, 0.3) is 0 Å². The Hall–Kier alpha value is -1.43. The standard InChI is InChI=1S/C14H21N3O2/c1-19-13-6-7-17(9-13)10-14(18)16-12-4-2-11(8-15)3-5-12/h2-5,13H,6-10,15H2,1H3,(H,16,18). The maximum absolute atomic E-state index is 11.9. The molecule has 19 heavy (non-hydrogen) atoms. The van der Waals surface area contributed by atoms with Crippen molar-refractivity contribution in [2.75, 3.05) is 32.1 Å². The van der Waals surface area contributed by atoms with Gasteiger partial charge in [0, 0.05) is 32.4 Å². The van der Waals surface area contributed by atoms with Crippen LogP contribution >= 0.6 is 0 Å². The van der Waals surface area contributed by atoms with Crippen molar-refractivity contribution < 1.29 is 9.53 Å². The lowest BCUT2D eigenvalue weighted by atomic mass is 10.2. The first-order valence-corrected chi connectivity index (χ1v) is 6.55. The second-order valence-corrected chi connectivity index (χ2v) is 4.83. The van der Waals surface area contributed by atoms with Crippen molar-refractivity contribution in [2.45, 2.75) is 19.1 Å². The summed E-state index contributed by atoms with van der Waals surface area (Å²) in [6.45, 7) is 2.67. The second-order valence-electron chi connectivity index (χ2n) is 4.83. The van der Waals surface area contributed by atoms with Gasteiger partial charge in [0.15, 0.2) is 0 Å². The molecule has 1 fully saturated rings. The molecule has 1 heterocycles. The van der Waals surface area contributed by atoms with E-state index in [1.165, 1.54) is 0 Å². The summed E-state index contributed by atoms with van der Waals surface area (Å²) < 4.78 is 5.28. The maximum atomic E-state index is 11.9. The largest absolute Gasteiger partial charge is 0.380 e. The molecule has 0 bridgehead atoms. The molecule has 1 amide bonds. The SMILES string of the molecule is COC1CCN(CC(=O)Nc2ccc(CN)cc2)C1. The van der Waals surface area contributed by atoms with Crippen LogP contribution in [-0.4, -0.2) is 43.7 Å². The zero-order valence-electron chi connectivity index (χ0n) is 11.3. The summed E-state index contributed by atoms with van der Waals surface area (Å²) in [6.07, 6.45) is 1.26. The normalized spacial score (nSPS) is 19.6. The van der Waals surface area contributed by atoms with Gasteiger partial charge in [0.1, 0.15) is 0 Å². The van der Waals surface area contributed by atoms with Crippen molar-refractivity contribution in [3.05, 3.63) is 29.8 Å². The average Bonchev–Trinajstić information content (AvgIpc) is 2.87. The number of nitrogens with zero attached hydrogens (tertiary/aromatic N) is 1. The van der Waals surface area contributed by atoms with Crippen LogP contribution in [0, 0.1) is 0 Å². The molecule has 1 saturated heterocycles. The molecule has 2 rings (SSSR count). The van der Waals surface area contributed by atoms with E-state index < -0.39 is 0 Å². The van der Waals surface area contributed by atoms with E-state index in [1.54, 1.807) is 7.11 Å². The quantitative estimate of drug-likeness (QED) is 0.825. The number of carbonyl (C=O) groups excluding carboxylic acids is 1. The van der Waals surface area contributed by atoms with Crippen LogP contribution in [0.5, 0.6) is 0 Å². The summed E-state index contributed by atoms with van der Waals surface area (Å²) >= 11 is 0. The van der Waals surface area contributed by atoms with E-state index in [9.17, 15) is 4.79 Å². The predicted octanol–water partition coefficient (Wildman–Crippen LogP) is 0.804. The van der Waals surface area contributed by atoms with Crippen molar-refractivity contribution in [3.8, 4) is 0 Å². The number of nitrogens with one attached hydrogen (secondary N) is 1. The van der Waals surface area contributed by atoms with Crippen molar-refractivity contribution >= 4 is 11.6 Å². The highest BCUT2D eigenvalue weighted by molar-refractivity contribution is 5.92. The molecule has 1 aliphatic heterocycles. The Kier molecular flexibility index (Phi) is 4.90. The Bertz CT molecular complexity index is 419. The molecule has 5 nitrogen and oxygen atoms in total. The first kappa shape index (κ1) is 14.0. The number of anilines is 1. The molecule has 5 heteroatoms. The third kappa shape index (κ3) is 4.02. The Labute approximate surface area is 113 Å². The summed E-state index contributed by atoms with van der Waals surface area (Å²) in [5, 5.41) is 2.89. The van der Waals surface area contributed by atoms with E-state index in [0.29, 0.717) is 13.1 Å². The number of benzene rings is 1. The van der Waals surface area contributed by atoms with Crippen molar-refractivity contribution in [2.24, 2.45) is 5.73 Å². The van der Waals surface area contributed by atoms with E-state index in [1.807, 2.05) is 24.3 Å². The van der Waals surface area contributed by atoms with Gasteiger partial charge in [-0.2, -0.15) is 0 Å². The number of nitrogens with two attached hydrogens (primary N) is 1. The zero-order chi connectivity index (χ0) is 13.7. The molecular weight excluding hydrogens is 242 g/mol. The van der Waals surface area contributed by atoms with Crippen LogP contribution in [0.1, 0.15) is 12.0 Å². The van der Waals surface area contributed by atoms with Gasteiger partial charge in [-0.05, 0) is 24.1 Å². The number of hydrogen-bond donors (Lipinski definition) is 2. The van der Waals surface area contributed by atoms with Crippen LogP contribution in [0.4, 0.5) is 5.69 Å². The Balaban J connectivity index is 1.80. The summed E-state index contributed by atoms with van der Waals surface area (Å²) in [5.74, 6) is 0.0113. The average molecular weight is 263 g/mol. The maximum Gasteiger partial charge on any atom is 0.238 e. The van der Waals surface area contributed by atoms with Gasteiger partial charge < -0.3 is 15.8 Å². The molecule has 0 spiro atoms. The van der Waals surface area contributed by atoms with E-state index in [4.69, 9.17) is 10.5 Å². The monoisotopic (exact) mass is 263 g/mol. The van der Waals surface area contributed by atoms with E-state index in [2.05, 4.69) is 10.2 Å². The van der Waals surface area contributed by atoms with Gasteiger partial charge in [-0.1, -0.05) is 12.1 Å². The van der Waals surface area contributed by atoms with Gasteiger partial charge >= 0.3 is 0 Å². The van der Waals surface area contributed by atoms with Crippen molar-refractivity contribution in [3.63, 3.8) is 0 Å². The lowest BCUT2D eigenvalue weighted by Crippen LogP contribution is -2.32. The first-order valence-electron chi connectivity index (χ1n) is 6.55. The van der Waals surface area contributed by atoms with Crippen molar-refractivity contribution in [1.29, 1.82) is 0 Å². The summed E-state index contributed by atoms with van der Waals surface area (Å²) in [5.41, 5.74) is 7.40.